The number of thiazole rings is 1. The van der Waals surface area contributed by atoms with Crippen molar-refractivity contribution in [3.05, 3.63) is 70.3 Å². The number of anilines is 1. The van der Waals surface area contributed by atoms with Gasteiger partial charge in [-0.25, -0.2) is 4.98 Å². The highest BCUT2D eigenvalue weighted by Gasteiger charge is 2.08. The number of benzene rings is 2. The highest BCUT2D eigenvalue weighted by atomic mass is 32.1. The summed E-state index contributed by atoms with van der Waals surface area (Å²) in [5.41, 5.74) is 4.37. The minimum atomic E-state index is -0.407. The average molecular weight is 324 g/mol. The second-order valence-electron chi connectivity index (χ2n) is 4.55. The molecule has 2 aromatic carbocycles. The van der Waals surface area contributed by atoms with Crippen LogP contribution in [0.1, 0.15) is 5.56 Å². The van der Waals surface area contributed by atoms with Gasteiger partial charge in [0.1, 0.15) is 0 Å². The van der Waals surface area contributed by atoms with Crippen LogP contribution in [0.5, 0.6) is 0 Å². The van der Waals surface area contributed by atoms with Crippen molar-refractivity contribution in [2.24, 2.45) is 5.10 Å². The number of hydrogen-bond acceptors (Lipinski definition) is 6. The van der Waals surface area contributed by atoms with Gasteiger partial charge in [0.25, 0.3) is 5.69 Å². The summed E-state index contributed by atoms with van der Waals surface area (Å²) in [4.78, 5) is 14.9. The zero-order valence-corrected chi connectivity index (χ0v) is 12.7. The summed E-state index contributed by atoms with van der Waals surface area (Å²) in [5, 5.41) is 15.6. The lowest BCUT2D eigenvalue weighted by atomic mass is 10.2. The van der Waals surface area contributed by atoms with Crippen LogP contribution in [0, 0.1) is 10.1 Å². The van der Waals surface area contributed by atoms with Crippen LogP contribution in [-0.2, 0) is 0 Å². The number of nitrogens with one attached hydrogen (secondary N) is 1. The van der Waals surface area contributed by atoms with E-state index in [1.54, 1.807) is 30.4 Å². The molecule has 3 rings (SSSR count). The third kappa shape index (κ3) is 3.58. The summed E-state index contributed by atoms with van der Waals surface area (Å²) in [6.45, 7) is 0. The van der Waals surface area contributed by atoms with Crippen molar-refractivity contribution in [3.63, 3.8) is 0 Å². The van der Waals surface area contributed by atoms with Crippen molar-refractivity contribution < 1.29 is 4.92 Å². The Morgan fingerprint density at radius 1 is 1.17 bits per heavy atom. The first-order chi connectivity index (χ1) is 11.2. The Hall–Kier alpha value is -3.06. The quantitative estimate of drug-likeness (QED) is 0.430. The summed E-state index contributed by atoms with van der Waals surface area (Å²) in [6.07, 6.45) is 4.81. The maximum Gasteiger partial charge on any atom is 0.276 e. The number of allylic oxidation sites excluding steroid dienone is 1. The molecular formula is C16H12N4O2S. The third-order valence-corrected chi connectivity index (χ3v) is 3.96. The van der Waals surface area contributed by atoms with E-state index < -0.39 is 4.92 Å². The highest BCUT2D eigenvalue weighted by molar-refractivity contribution is 7.22. The minimum absolute atomic E-state index is 0.0660. The molecule has 0 saturated carbocycles. The van der Waals surface area contributed by atoms with Gasteiger partial charge in [-0.05, 0) is 30.4 Å². The zero-order valence-electron chi connectivity index (χ0n) is 11.9. The van der Waals surface area contributed by atoms with E-state index in [4.69, 9.17) is 0 Å². The predicted molar refractivity (Wildman–Crippen MR) is 93.9 cm³/mol. The van der Waals surface area contributed by atoms with E-state index in [0.29, 0.717) is 10.7 Å². The maximum atomic E-state index is 10.9. The van der Waals surface area contributed by atoms with Gasteiger partial charge in [-0.3, -0.25) is 15.5 Å². The Kier molecular flexibility index (Phi) is 4.39. The predicted octanol–water partition coefficient (Wildman–Crippen LogP) is 4.32. The van der Waals surface area contributed by atoms with Crippen molar-refractivity contribution in [1.29, 1.82) is 0 Å². The van der Waals surface area contributed by atoms with Crippen LogP contribution in [0.4, 0.5) is 10.8 Å². The van der Waals surface area contributed by atoms with E-state index in [9.17, 15) is 10.1 Å². The van der Waals surface area contributed by atoms with E-state index in [2.05, 4.69) is 15.5 Å². The summed E-state index contributed by atoms with van der Waals surface area (Å²) < 4.78 is 1.08. The van der Waals surface area contributed by atoms with E-state index in [-0.39, 0.29) is 5.69 Å². The topological polar surface area (TPSA) is 80.4 Å². The number of aromatic nitrogens is 1. The number of rotatable bonds is 5. The normalized spacial score (nSPS) is 11.5. The number of fused-ring (bicyclic) bond motifs is 1. The molecule has 1 aromatic heterocycles. The van der Waals surface area contributed by atoms with Crippen molar-refractivity contribution in [2.45, 2.75) is 0 Å². The molecule has 0 aliphatic heterocycles. The van der Waals surface area contributed by atoms with Crippen molar-refractivity contribution in [1.82, 2.24) is 4.98 Å². The van der Waals surface area contributed by atoms with Gasteiger partial charge < -0.3 is 0 Å². The zero-order chi connectivity index (χ0) is 16.1. The molecule has 1 heterocycles. The molecule has 7 heteroatoms. The molecule has 0 bridgehead atoms. The van der Waals surface area contributed by atoms with E-state index in [0.717, 1.165) is 10.2 Å². The molecule has 0 aliphatic rings. The second kappa shape index (κ2) is 6.80. The molecule has 0 saturated heterocycles. The largest absolute Gasteiger partial charge is 0.276 e. The molecule has 0 aliphatic carbocycles. The Morgan fingerprint density at radius 2 is 1.96 bits per heavy atom. The third-order valence-electron chi connectivity index (χ3n) is 3.02. The molecule has 6 nitrogen and oxygen atoms in total. The number of para-hydroxylation sites is 2. The van der Waals surface area contributed by atoms with Crippen LogP contribution in [0.15, 0.2) is 59.7 Å². The molecule has 0 spiro atoms. The number of hydrogen-bond donors (Lipinski definition) is 1. The smallest absolute Gasteiger partial charge is 0.258 e. The lowest BCUT2D eigenvalue weighted by Crippen LogP contribution is -1.90. The Balaban J connectivity index is 1.66. The molecule has 0 radical (unpaired) electrons. The number of nitro groups is 1. The molecular weight excluding hydrogens is 312 g/mol. The van der Waals surface area contributed by atoms with Crippen LogP contribution in [0.2, 0.25) is 0 Å². The number of hydrazone groups is 1. The average Bonchev–Trinajstić information content (AvgIpc) is 2.97. The molecule has 3 aromatic rings. The molecule has 0 unspecified atom stereocenters. The van der Waals surface area contributed by atoms with E-state index in [1.807, 2.05) is 24.3 Å². The fourth-order valence-corrected chi connectivity index (χ4v) is 2.81. The van der Waals surface area contributed by atoms with Crippen molar-refractivity contribution in [3.8, 4) is 0 Å². The molecule has 1 N–H and O–H groups in total. The highest BCUT2D eigenvalue weighted by Crippen LogP contribution is 2.25. The first kappa shape index (κ1) is 14.9. The van der Waals surface area contributed by atoms with Gasteiger partial charge >= 0.3 is 0 Å². The molecule has 0 atom stereocenters. The van der Waals surface area contributed by atoms with Gasteiger partial charge in [0.15, 0.2) is 0 Å². The van der Waals surface area contributed by atoms with Crippen molar-refractivity contribution in [2.75, 3.05) is 5.43 Å². The van der Waals surface area contributed by atoms with Gasteiger partial charge in [0.05, 0.1) is 20.7 Å². The Bertz CT molecular complexity index is 869. The second-order valence-corrected chi connectivity index (χ2v) is 5.58. The Morgan fingerprint density at radius 3 is 2.78 bits per heavy atom. The molecule has 0 fully saturated rings. The number of nitro benzene ring substituents is 1. The first-order valence-corrected chi connectivity index (χ1v) is 7.60. The van der Waals surface area contributed by atoms with Crippen LogP contribution >= 0.6 is 11.3 Å². The van der Waals surface area contributed by atoms with Gasteiger partial charge in [-0.1, -0.05) is 35.6 Å². The fraction of sp³-hybridized carbons (Fsp3) is 0. The van der Waals surface area contributed by atoms with Gasteiger partial charge in [-0.15, -0.1) is 0 Å². The van der Waals surface area contributed by atoms with Gasteiger partial charge in [0.2, 0.25) is 5.13 Å². The first-order valence-electron chi connectivity index (χ1n) is 6.79. The lowest BCUT2D eigenvalue weighted by Gasteiger charge is -1.95. The van der Waals surface area contributed by atoms with Crippen LogP contribution in [-0.4, -0.2) is 16.1 Å². The maximum absolute atomic E-state index is 10.9. The minimum Gasteiger partial charge on any atom is -0.258 e. The molecule has 23 heavy (non-hydrogen) atoms. The van der Waals surface area contributed by atoms with Gasteiger partial charge in [-0.2, -0.15) is 5.10 Å². The van der Waals surface area contributed by atoms with Crippen LogP contribution in [0.25, 0.3) is 16.3 Å². The summed E-state index contributed by atoms with van der Waals surface area (Å²) in [6, 6.07) is 14.4. The standard InChI is InChI=1S/C16H12N4O2S/c21-20(22)14-9-3-1-6-12(14)7-5-11-17-19-16-18-13-8-2-4-10-15(13)23-16/h1-11H,(H,18,19). The number of nitrogens with zero attached hydrogens (tertiary/aromatic N) is 3. The van der Waals surface area contributed by atoms with Crippen LogP contribution < -0.4 is 5.43 Å². The van der Waals surface area contributed by atoms with E-state index in [1.165, 1.54) is 23.6 Å². The van der Waals surface area contributed by atoms with Crippen LogP contribution in [0.3, 0.4) is 0 Å². The fourth-order valence-electron chi connectivity index (χ4n) is 2.00. The summed E-state index contributed by atoms with van der Waals surface area (Å²) in [7, 11) is 0. The SMILES string of the molecule is O=[N+]([O-])c1ccccc1C=CC=NNc1nc2ccccc2s1. The van der Waals surface area contributed by atoms with E-state index >= 15 is 0 Å². The lowest BCUT2D eigenvalue weighted by molar-refractivity contribution is -0.385. The Labute approximate surface area is 136 Å². The monoisotopic (exact) mass is 324 g/mol. The summed E-state index contributed by atoms with van der Waals surface area (Å²) >= 11 is 1.51. The van der Waals surface area contributed by atoms with Gasteiger partial charge in [0, 0.05) is 12.3 Å². The van der Waals surface area contributed by atoms with Crippen molar-refractivity contribution >= 4 is 44.7 Å². The summed E-state index contributed by atoms with van der Waals surface area (Å²) in [5.74, 6) is 0. The molecule has 114 valence electrons. The molecule has 0 amide bonds.